The summed E-state index contributed by atoms with van der Waals surface area (Å²) in [6, 6.07) is 0. The largest absolute Gasteiger partial charge is 0.756 e. The number of likely N-dealkylation sites (N-methyl/N-ethyl adjacent to an activating group) is 1. The number of phosphoric ester groups is 1. The van der Waals surface area contributed by atoms with Gasteiger partial charge < -0.3 is 27.9 Å². The summed E-state index contributed by atoms with van der Waals surface area (Å²) in [7, 11) is 1.54. The van der Waals surface area contributed by atoms with E-state index in [0.717, 1.165) is 25.7 Å². The van der Waals surface area contributed by atoms with Crippen LogP contribution in [0.3, 0.4) is 0 Å². The molecule has 0 aromatic heterocycles. The first-order valence-electron chi connectivity index (χ1n) is 17.8. The highest BCUT2D eigenvalue weighted by atomic mass is 31.2. The van der Waals surface area contributed by atoms with Crippen LogP contribution in [0, 0.1) is 0 Å². The van der Waals surface area contributed by atoms with Crippen LogP contribution in [0.2, 0.25) is 0 Å². The Morgan fingerprint density at radius 2 is 1.11 bits per heavy atom. The van der Waals surface area contributed by atoms with E-state index in [1.807, 2.05) is 41.9 Å². The minimum absolute atomic E-state index is 0.0822. The van der Waals surface area contributed by atoms with Gasteiger partial charge in [-0.1, -0.05) is 89.0 Å². The van der Waals surface area contributed by atoms with Crippen molar-refractivity contribution in [2.75, 3.05) is 54.1 Å². The minimum atomic E-state index is -4.39. The molecule has 0 spiro atoms. The van der Waals surface area contributed by atoms with Crippen LogP contribution >= 0.6 is 7.82 Å². The summed E-state index contributed by atoms with van der Waals surface area (Å²) in [5, 5.41) is 0. The topological polar surface area (TPSA) is 77.1 Å². The summed E-state index contributed by atoms with van der Waals surface area (Å²) >= 11 is 0. The molecule has 0 amide bonds. The molecule has 0 bridgehead atoms. The van der Waals surface area contributed by atoms with Gasteiger partial charge in [0.1, 0.15) is 19.3 Å². The van der Waals surface area contributed by atoms with Gasteiger partial charge in [-0.25, -0.2) is 0 Å². The van der Waals surface area contributed by atoms with Gasteiger partial charge in [0, 0.05) is 6.61 Å². The quantitative estimate of drug-likeness (QED) is 0.0323. The second-order valence-electron chi connectivity index (χ2n) is 14.2. The third kappa shape index (κ3) is 34.3. The number of rotatable bonds is 31. The second-order valence-corrected chi connectivity index (χ2v) is 15.6. The predicted octanol–water partition coefficient (Wildman–Crippen LogP) is 9.55. The van der Waals surface area contributed by atoms with Crippen LogP contribution in [-0.2, 0) is 23.1 Å². The lowest BCUT2D eigenvalue weighted by molar-refractivity contribution is -0.870. The van der Waals surface area contributed by atoms with E-state index in [2.05, 4.69) is 31.2 Å². The van der Waals surface area contributed by atoms with E-state index in [-0.39, 0.29) is 19.8 Å². The molecular weight excluding hydrogens is 573 g/mol. The maximum Gasteiger partial charge on any atom is 0.268 e. The Kier molecular flexibility index (Phi) is 27.2. The smallest absolute Gasteiger partial charge is 0.268 e. The number of hydrogen-bond acceptors (Lipinski definition) is 6. The molecule has 0 rings (SSSR count). The molecule has 0 heterocycles. The van der Waals surface area contributed by atoms with Crippen molar-refractivity contribution in [3.05, 3.63) is 24.3 Å². The highest BCUT2D eigenvalue weighted by molar-refractivity contribution is 7.45. The fourth-order valence-electron chi connectivity index (χ4n) is 4.68. The Morgan fingerprint density at radius 3 is 1.57 bits per heavy atom. The molecular formula is C36H72NO6P. The van der Waals surface area contributed by atoms with Crippen LogP contribution in [0.4, 0.5) is 0 Å². The van der Waals surface area contributed by atoms with Gasteiger partial charge in [0.2, 0.25) is 0 Å². The van der Waals surface area contributed by atoms with E-state index in [1.54, 1.807) is 0 Å². The molecule has 0 saturated heterocycles. The average Bonchev–Trinajstić information content (AvgIpc) is 2.92. The summed E-state index contributed by atoms with van der Waals surface area (Å²) in [5.74, 6) is 0. The number of unbranched alkanes of at least 4 members (excludes halogenated alkanes) is 15. The molecule has 0 aliphatic carbocycles. The van der Waals surface area contributed by atoms with Crippen LogP contribution < -0.4 is 4.89 Å². The van der Waals surface area contributed by atoms with Gasteiger partial charge in [0.05, 0.1) is 40.0 Å². The summed E-state index contributed by atoms with van der Waals surface area (Å²) in [4.78, 5) is 12.1. The Balaban J connectivity index is 3.75. The third-order valence-corrected chi connectivity index (χ3v) is 8.18. The standard InChI is InChI=1S/C36H72NO6P/c1-8-9-10-11-12-13-14-15-16-17-18-19-20-21-22-23-24-25-26-27-28-29-31-40-33-35(43-36(2,3)4)34-42-44(38,39)41-32-30-37(5,6)7/h12-13,24-25,35H,8-11,14-23,26-34H2,1-7H3/b13-12-,25-24-/t35-/m1/s1. The van der Waals surface area contributed by atoms with Crippen LogP contribution in [0.15, 0.2) is 24.3 Å². The summed E-state index contributed by atoms with van der Waals surface area (Å²) in [6.07, 6.45) is 32.0. The molecule has 0 aliphatic heterocycles. The number of nitrogens with zero attached hydrogens (tertiary/aromatic N) is 1. The van der Waals surface area contributed by atoms with Gasteiger partial charge in [0.15, 0.2) is 0 Å². The number of ether oxygens (including phenoxy) is 2. The van der Waals surface area contributed by atoms with Gasteiger partial charge in [-0.05, 0) is 78.6 Å². The fraction of sp³-hybridized carbons (Fsp3) is 0.889. The summed E-state index contributed by atoms with van der Waals surface area (Å²) < 4.78 is 34.6. The van der Waals surface area contributed by atoms with E-state index in [1.165, 1.54) is 89.9 Å². The molecule has 7 nitrogen and oxygen atoms in total. The molecule has 44 heavy (non-hydrogen) atoms. The molecule has 0 N–H and O–H groups in total. The molecule has 8 heteroatoms. The second kappa shape index (κ2) is 27.6. The summed E-state index contributed by atoms with van der Waals surface area (Å²) in [5.41, 5.74) is -0.439. The minimum Gasteiger partial charge on any atom is -0.756 e. The predicted molar refractivity (Wildman–Crippen MR) is 185 cm³/mol. The molecule has 0 aromatic carbocycles. The number of hydrogen-bond donors (Lipinski definition) is 0. The molecule has 0 aromatic rings. The van der Waals surface area contributed by atoms with Crippen molar-refractivity contribution in [3.8, 4) is 0 Å². The first kappa shape index (κ1) is 43.5. The van der Waals surface area contributed by atoms with E-state index in [0.29, 0.717) is 17.6 Å². The molecule has 262 valence electrons. The van der Waals surface area contributed by atoms with Crippen molar-refractivity contribution in [1.82, 2.24) is 0 Å². The lowest BCUT2D eigenvalue weighted by Gasteiger charge is -2.31. The number of quaternary nitrogens is 1. The Bertz CT molecular complexity index is 744. The third-order valence-electron chi connectivity index (χ3n) is 7.21. The first-order chi connectivity index (χ1) is 20.8. The Hall–Kier alpha value is -0.530. The molecule has 0 aliphatic rings. The molecule has 0 radical (unpaired) electrons. The lowest BCUT2D eigenvalue weighted by Crippen LogP contribution is -2.38. The van der Waals surface area contributed by atoms with Crippen LogP contribution in [0.25, 0.3) is 0 Å². The molecule has 0 fully saturated rings. The Labute approximate surface area is 273 Å². The van der Waals surface area contributed by atoms with E-state index < -0.39 is 19.5 Å². The van der Waals surface area contributed by atoms with Crippen molar-refractivity contribution in [2.45, 2.75) is 155 Å². The highest BCUT2D eigenvalue weighted by Crippen LogP contribution is 2.38. The van der Waals surface area contributed by atoms with Crippen molar-refractivity contribution in [2.24, 2.45) is 0 Å². The first-order valence-corrected chi connectivity index (χ1v) is 19.3. The zero-order valence-electron chi connectivity index (χ0n) is 30.0. The van der Waals surface area contributed by atoms with Crippen molar-refractivity contribution < 1.29 is 32.5 Å². The van der Waals surface area contributed by atoms with Gasteiger partial charge >= 0.3 is 0 Å². The van der Waals surface area contributed by atoms with Gasteiger partial charge in [-0.2, -0.15) is 0 Å². The SMILES string of the molecule is CCCCC/C=C\CCCCCCCCCC/C=C\CCCCCOC[C@H](COP(=O)([O-])OCC[N+](C)(C)C)OC(C)(C)C. The molecule has 2 atom stereocenters. The number of allylic oxidation sites excluding steroid dienone is 4. The molecule has 1 unspecified atom stereocenters. The fourth-order valence-corrected chi connectivity index (χ4v) is 5.41. The van der Waals surface area contributed by atoms with Crippen molar-refractivity contribution in [3.63, 3.8) is 0 Å². The van der Waals surface area contributed by atoms with Crippen LogP contribution in [0.5, 0.6) is 0 Å². The summed E-state index contributed by atoms with van der Waals surface area (Å²) in [6.45, 7) is 9.49. The van der Waals surface area contributed by atoms with Crippen LogP contribution in [-0.4, -0.2) is 70.3 Å². The van der Waals surface area contributed by atoms with E-state index in [9.17, 15) is 9.46 Å². The maximum absolute atomic E-state index is 12.1. The van der Waals surface area contributed by atoms with Gasteiger partial charge in [0.25, 0.3) is 7.82 Å². The van der Waals surface area contributed by atoms with Crippen LogP contribution in [0.1, 0.15) is 143 Å². The zero-order valence-corrected chi connectivity index (χ0v) is 30.9. The van der Waals surface area contributed by atoms with Crippen molar-refractivity contribution in [1.29, 1.82) is 0 Å². The van der Waals surface area contributed by atoms with Gasteiger partial charge in [-0.3, -0.25) is 4.57 Å². The van der Waals surface area contributed by atoms with Gasteiger partial charge in [-0.15, -0.1) is 0 Å². The normalized spacial score (nSPS) is 15.0. The number of phosphoric acid groups is 1. The van der Waals surface area contributed by atoms with E-state index in [4.69, 9.17) is 18.5 Å². The molecule has 0 saturated carbocycles. The average molecular weight is 646 g/mol. The zero-order chi connectivity index (χ0) is 33.0. The van der Waals surface area contributed by atoms with Crippen molar-refractivity contribution >= 4 is 7.82 Å². The van der Waals surface area contributed by atoms with E-state index >= 15 is 0 Å². The Morgan fingerprint density at radius 1 is 0.659 bits per heavy atom. The highest BCUT2D eigenvalue weighted by Gasteiger charge is 2.22. The lowest BCUT2D eigenvalue weighted by atomic mass is 10.1. The monoisotopic (exact) mass is 646 g/mol. The maximum atomic E-state index is 12.1.